The highest BCUT2D eigenvalue weighted by Gasteiger charge is 2.35. The number of alkyl halides is 3. The van der Waals surface area contributed by atoms with E-state index in [1.165, 1.54) is 13.2 Å². The number of nitrogens with zero attached hydrogens (tertiary/aromatic N) is 5. The average molecular weight is 380 g/mol. The first-order valence-electron chi connectivity index (χ1n) is 7.92. The number of hydrogen-bond acceptors (Lipinski definition) is 8. The van der Waals surface area contributed by atoms with Crippen molar-refractivity contribution in [2.45, 2.75) is 6.18 Å². The molecule has 0 spiro atoms. The van der Waals surface area contributed by atoms with Crippen LogP contribution in [0, 0.1) is 11.3 Å². The lowest BCUT2D eigenvalue weighted by molar-refractivity contribution is -0.137. The molecule has 0 saturated heterocycles. The second-order valence-corrected chi connectivity index (χ2v) is 5.79. The molecule has 2 rings (SSSR count). The molecule has 0 atom stereocenters. The standard InChI is InChI=1S/C16H19F3N8/c1-21-14-11(16(17,18)19)9-24-15(26-14)25-10-6-12(13(7-20)23-8-10)22-4-5-27(2)3/h6,8-9,22H,4-5H2,1-3H3,(H2,21,24,25,26). The highest BCUT2D eigenvalue weighted by atomic mass is 19.4. The Morgan fingerprint density at radius 1 is 1.22 bits per heavy atom. The maximum absolute atomic E-state index is 12.9. The molecule has 0 fully saturated rings. The summed E-state index contributed by atoms with van der Waals surface area (Å²) in [6, 6.07) is 3.61. The molecule has 3 N–H and O–H groups in total. The number of pyridine rings is 1. The van der Waals surface area contributed by atoms with Crippen LogP contribution in [-0.4, -0.2) is 54.1 Å². The summed E-state index contributed by atoms with van der Waals surface area (Å²) in [5, 5.41) is 17.5. The molecule has 8 nitrogen and oxygen atoms in total. The Labute approximate surface area is 154 Å². The number of likely N-dealkylation sites (N-methyl/N-ethyl adjacent to an activating group) is 1. The molecule has 2 heterocycles. The SMILES string of the molecule is CNc1nc(Nc2cnc(C#N)c(NCCN(C)C)c2)ncc1C(F)(F)F. The molecule has 144 valence electrons. The second kappa shape index (κ2) is 8.50. The molecular formula is C16H19F3N8. The Kier molecular flexibility index (Phi) is 6.36. The molecule has 0 aliphatic carbocycles. The molecule has 0 radical (unpaired) electrons. The van der Waals surface area contributed by atoms with E-state index in [2.05, 4.69) is 30.9 Å². The molecule has 0 amide bonds. The van der Waals surface area contributed by atoms with E-state index in [0.29, 0.717) is 24.1 Å². The van der Waals surface area contributed by atoms with Crippen molar-refractivity contribution in [2.24, 2.45) is 0 Å². The van der Waals surface area contributed by atoms with Crippen molar-refractivity contribution >= 4 is 23.1 Å². The molecule has 0 saturated carbocycles. The average Bonchev–Trinajstić information content (AvgIpc) is 2.60. The van der Waals surface area contributed by atoms with Crippen molar-refractivity contribution in [1.82, 2.24) is 19.9 Å². The van der Waals surface area contributed by atoms with Gasteiger partial charge in [0.2, 0.25) is 5.95 Å². The third-order valence-corrected chi connectivity index (χ3v) is 3.46. The number of halogens is 3. The highest BCUT2D eigenvalue weighted by Crippen LogP contribution is 2.33. The van der Waals surface area contributed by atoms with Gasteiger partial charge in [0.25, 0.3) is 0 Å². The van der Waals surface area contributed by atoms with Crippen molar-refractivity contribution in [1.29, 1.82) is 5.26 Å². The zero-order chi connectivity index (χ0) is 20.0. The van der Waals surface area contributed by atoms with Crippen LogP contribution in [0.5, 0.6) is 0 Å². The first-order valence-corrected chi connectivity index (χ1v) is 7.92. The van der Waals surface area contributed by atoms with Gasteiger partial charge in [0, 0.05) is 26.3 Å². The molecule has 0 aliphatic heterocycles. The van der Waals surface area contributed by atoms with E-state index >= 15 is 0 Å². The summed E-state index contributed by atoms with van der Waals surface area (Å²) in [6.07, 6.45) is -2.47. The number of aromatic nitrogens is 3. The van der Waals surface area contributed by atoms with Crippen LogP contribution in [0.4, 0.5) is 36.3 Å². The fraction of sp³-hybridized carbons (Fsp3) is 0.375. The van der Waals surface area contributed by atoms with Crippen molar-refractivity contribution in [2.75, 3.05) is 50.2 Å². The summed E-state index contributed by atoms with van der Waals surface area (Å²) in [5.74, 6) is -0.371. The van der Waals surface area contributed by atoms with E-state index in [0.717, 1.165) is 6.54 Å². The van der Waals surface area contributed by atoms with Crippen LogP contribution in [0.15, 0.2) is 18.5 Å². The quantitative estimate of drug-likeness (QED) is 0.674. The van der Waals surface area contributed by atoms with E-state index in [-0.39, 0.29) is 17.5 Å². The van der Waals surface area contributed by atoms with Gasteiger partial charge in [-0.3, -0.25) is 0 Å². The van der Waals surface area contributed by atoms with E-state index < -0.39 is 11.7 Å². The van der Waals surface area contributed by atoms with Crippen molar-refractivity contribution in [3.05, 3.63) is 29.7 Å². The molecule has 0 aromatic carbocycles. The number of anilines is 4. The maximum atomic E-state index is 12.9. The lowest BCUT2D eigenvalue weighted by Gasteiger charge is -2.14. The third-order valence-electron chi connectivity index (χ3n) is 3.46. The van der Waals surface area contributed by atoms with Gasteiger partial charge in [0.15, 0.2) is 5.69 Å². The largest absolute Gasteiger partial charge is 0.421 e. The van der Waals surface area contributed by atoms with Crippen LogP contribution in [0.1, 0.15) is 11.3 Å². The zero-order valence-electron chi connectivity index (χ0n) is 15.0. The number of nitrogens with one attached hydrogen (secondary N) is 3. The van der Waals surface area contributed by atoms with Gasteiger partial charge in [-0.25, -0.2) is 9.97 Å². The minimum absolute atomic E-state index is 0.0295. The van der Waals surface area contributed by atoms with Crippen LogP contribution in [-0.2, 0) is 6.18 Å². The van der Waals surface area contributed by atoms with Crippen LogP contribution in [0.25, 0.3) is 0 Å². The molecule has 27 heavy (non-hydrogen) atoms. The summed E-state index contributed by atoms with van der Waals surface area (Å²) < 4.78 is 38.7. The number of nitriles is 1. The lowest BCUT2D eigenvalue weighted by Crippen LogP contribution is -2.21. The molecular weight excluding hydrogens is 361 g/mol. The summed E-state index contributed by atoms with van der Waals surface area (Å²) in [5.41, 5.74) is 0.191. The minimum atomic E-state index is -4.56. The van der Waals surface area contributed by atoms with Gasteiger partial charge in [0.1, 0.15) is 17.5 Å². The summed E-state index contributed by atoms with van der Waals surface area (Å²) >= 11 is 0. The van der Waals surface area contributed by atoms with Crippen molar-refractivity contribution < 1.29 is 13.2 Å². The Hall–Kier alpha value is -3.13. The number of rotatable bonds is 7. The van der Waals surface area contributed by atoms with Crippen molar-refractivity contribution in [3.63, 3.8) is 0 Å². The van der Waals surface area contributed by atoms with Gasteiger partial charge in [-0.15, -0.1) is 0 Å². The van der Waals surface area contributed by atoms with Gasteiger partial charge < -0.3 is 20.9 Å². The maximum Gasteiger partial charge on any atom is 0.421 e. The predicted octanol–water partition coefficient (Wildman–Crippen LogP) is 2.52. The van der Waals surface area contributed by atoms with E-state index in [1.807, 2.05) is 25.1 Å². The summed E-state index contributed by atoms with van der Waals surface area (Å²) in [6.45, 7) is 1.34. The van der Waals surface area contributed by atoms with E-state index in [1.54, 1.807) is 6.07 Å². The summed E-state index contributed by atoms with van der Waals surface area (Å²) in [7, 11) is 5.19. The molecule has 0 unspecified atom stereocenters. The molecule has 2 aromatic heterocycles. The van der Waals surface area contributed by atoms with E-state index in [4.69, 9.17) is 5.26 Å². The Balaban J connectivity index is 2.23. The molecule has 2 aromatic rings. The Morgan fingerprint density at radius 3 is 2.56 bits per heavy atom. The Bertz CT molecular complexity index is 829. The fourth-order valence-corrected chi connectivity index (χ4v) is 2.14. The second-order valence-electron chi connectivity index (χ2n) is 5.79. The molecule has 0 bridgehead atoms. The highest BCUT2D eigenvalue weighted by molar-refractivity contribution is 5.65. The third kappa shape index (κ3) is 5.42. The first kappa shape index (κ1) is 20.2. The predicted molar refractivity (Wildman–Crippen MR) is 95.9 cm³/mol. The fourth-order valence-electron chi connectivity index (χ4n) is 2.14. The van der Waals surface area contributed by atoms with Crippen LogP contribution in [0.3, 0.4) is 0 Å². The summed E-state index contributed by atoms with van der Waals surface area (Å²) in [4.78, 5) is 13.6. The monoisotopic (exact) mass is 380 g/mol. The minimum Gasteiger partial charge on any atom is -0.381 e. The lowest BCUT2D eigenvalue weighted by atomic mass is 10.2. The van der Waals surface area contributed by atoms with Gasteiger partial charge >= 0.3 is 6.18 Å². The normalized spacial score (nSPS) is 11.2. The molecule has 0 aliphatic rings. The Morgan fingerprint density at radius 2 is 1.96 bits per heavy atom. The van der Waals surface area contributed by atoms with Crippen molar-refractivity contribution in [3.8, 4) is 6.07 Å². The van der Waals surface area contributed by atoms with Crippen LogP contribution < -0.4 is 16.0 Å². The van der Waals surface area contributed by atoms with Crippen LogP contribution >= 0.6 is 0 Å². The first-order chi connectivity index (χ1) is 12.7. The van der Waals surface area contributed by atoms with E-state index in [9.17, 15) is 13.2 Å². The topological polar surface area (TPSA) is 102 Å². The van der Waals surface area contributed by atoms with Gasteiger partial charge in [0.05, 0.1) is 17.6 Å². The van der Waals surface area contributed by atoms with Gasteiger partial charge in [-0.1, -0.05) is 0 Å². The smallest absolute Gasteiger partial charge is 0.381 e. The zero-order valence-corrected chi connectivity index (χ0v) is 15.0. The van der Waals surface area contributed by atoms with Crippen LogP contribution in [0.2, 0.25) is 0 Å². The van der Waals surface area contributed by atoms with Gasteiger partial charge in [-0.2, -0.15) is 23.4 Å². The number of hydrogen-bond donors (Lipinski definition) is 3. The molecule has 11 heteroatoms. The van der Waals surface area contributed by atoms with Gasteiger partial charge in [-0.05, 0) is 20.2 Å².